The van der Waals surface area contributed by atoms with E-state index in [2.05, 4.69) is 10.2 Å². The van der Waals surface area contributed by atoms with E-state index in [1.807, 2.05) is 30.3 Å². The molecule has 4 nitrogen and oxygen atoms in total. The molecule has 1 heterocycles. The molecule has 0 saturated heterocycles. The average molecular weight is 309 g/mol. The normalized spacial score (nSPS) is 10.5. The number of nitrogens with one attached hydrogen (secondary N) is 1. The number of hydrogen-bond donors (Lipinski definition) is 1. The van der Waals surface area contributed by atoms with E-state index in [-0.39, 0.29) is 11.7 Å². The lowest BCUT2D eigenvalue weighted by Gasteiger charge is -2.16. The Morgan fingerprint density at radius 3 is 2.65 bits per heavy atom. The van der Waals surface area contributed by atoms with E-state index < -0.39 is 0 Å². The molecule has 0 bridgehead atoms. The molecule has 0 atom stereocenters. The van der Waals surface area contributed by atoms with Gasteiger partial charge in [-0.3, -0.25) is 9.89 Å². The van der Waals surface area contributed by atoms with Crippen LogP contribution in [0.5, 0.6) is 0 Å². The molecule has 3 aromatic rings. The Morgan fingerprint density at radius 2 is 1.91 bits per heavy atom. The lowest BCUT2D eigenvalue weighted by Crippen LogP contribution is -2.26. The van der Waals surface area contributed by atoms with Crippen LogP contribution in [0.25, 0.3) is 11.3 Å². The number of amides is 1. The van der Waals surface area contributed by atoms with Crippen molar-refractivity contribution < 1.29 is 9.18 Å². The third kappa shape index (κ3) is 3.45. The molecule has 0 aliphatic heterocycles. The number of halogens is 1. The Labute approximate surface area is 133 Å². The van der Waals surface area contributed by atoms with Crippen molar-refractivity contribution in [1.29, 1.82) is 0 Å². The van der Waals surface area contributed by atoms with Gasteiger partial charge < -0.3 is 4.90 Å². The number of aromatic amines is 1. The summed E-state index contributed by atoms with van der Waals surface area (Å²) in [5.41, 5.74) is 2.80. The van der Waals surface area contributed by atoms with E-state index in [0.717, 1.165) is 11.1 Å². The Hall–Kier alpha value is -2.95. The highest BCUT2D eigenvalue weighted by molar-refractivity contribution is 5.93. The monoisotopic (exact) mass is 309 g/mol. The maximum atomic E-state index is 13.2. The van der Waals surface area contributed by atoms with Crippen LogP contribution < -0.4 is 0 Å². The molecule has 1 amide bonds. The van der Waals surface area contributed by atoms with Crippen molar-refractivity contribution in [3.8, 4) is 11.3 Å². The molecule has 116 valence electrons. The summed E-state index contributed by atoms with van der Waals surface area (Å²) in [5.74, 6) is -0.500. The Morgan fingerprint density at radius 1 is 1.13 bits per heavy atom. The van der Waals surface area contributed by atoms with Crippen LogP contribution in [-0.2, 0) is 6.54 Å². The number of carbonyl (C=O) groups excluding carboxylic acids is 1. The first-order chi connectivity index (χ1) is 11.1. The van der Waals surface area contributed by atoms with Crippen LogP contribution in [0.15, 0.2) is 60.7 Å². The number of aromatic nitrogens is 2. The Kier molecular flexibility index (Phi) is 4.19. The van der Waals surface area contributed by atoms with E-state index >= 15 is 0 Å². The first-order valence-corrected chi connectivity index (χ1v) is 7.24. The zero-order valence-corrected chi connectivity index (χ0v) is 12.7. The van der Waals surface area contributed by atoms with Gasteiger partial charge in [-0.25, -0.2) is 4.39 Å². The average Bonchev–Trinajstić information content (AvgIpc) is 3.05. The van der Waals surface area contributed by atoms with Gasteiger partial charge in [0.1, 0.15) is 11.5 Å². The van der Waals surface area contributed by atoms with Crippen molar-refractivity contribution in [3.63, 3.8) is 0 Å². The highest BCUT2D eigenvalue weighted by atomic mass is 19.1. The van der Waals surface area contributed by atoms with Crippen LogP contribution in [0.1, 0.15) is 16.1 Å². The fraction of sp³-hybridized carbons (Fsp3) is 0.111. The second-order valence-corrected chi connectivity index (χ2v) is 5.32. The first kappa shape index (κ1) is 15.0. The Balaban J connectivity index is 1.74. The van der Waals surface area contributed by atoms with Gasteiger partial charge in [-0.2, -0.15) is 5.10 Å². The van der Waals surface area contributed by atoms with Crippen LogP contribution in [0, 0.1) is 5.82 Å². The maximum Gasteiger partial charge on any atom is 0.271 e. The second-order valence-electron chi connectivity index (χ2n) is 5.32. The number of carbonyl (C=O) groups is 1. The summed E-state index contributed by atoms with van der Waals surface area (Å²) in [6.45, 7) is 0.330. The molecule has 0 spiro atoms. The molecule has 5 heteroatoms. The molecule has 0 aliphatic carbocycles. The summed E-state index contributed by atoms with van der Waals surface area (Å²) in [7, 11) is 1.68. The largest absolute Gasteiger partial charge is 0.336 e. The third-order valence-electron chi connectivity index (χ3n) is 3.53. The molecule has 2 aromatic carbocycles. The summed E-state index contributed by atoms with van der Waals surface area (Å²) in [4.78, 5) is 14.0. The zero-order chi connectivity index (χ0) is 16.2. The van der Waals surface area contributed by atoms with Crippen LogP contribution in [0.2, 0.25) is 0 Å². The standard InChI is InChI=1S/C18H16FN3O/c1-22(12-13-6-5-9-15(19)10-13)18(23)17-11-16(20-21-17)14-7-3-2-4-8-14/h2-11H,12H2,1H3,(H,20,21). The number of benzene rings is 2. The quantitative estimate of drug-likeness (QED) is 0.802. The van der Waals surface area contributed by atoms with Gasteiger partial charge in [0.25, 0.3) is 5.91 Å². The van der Waals surface area contributed by atoms with Gasteiger partial charge in [0.15, 0.2) is 0 Å². The van der Waals surface area contributed by atoms with E-state index in [9.17, 15) is 9.18 Å². The lowest BCUT2D eigenvalue weighted by molar-refractivity contribution is 0.0779. The van der Waals surface area contributed by atoms with Crippen molar-refractivity contribution in [2.75, 3.05) is 7.05 Å². The number of nitrogens with zero attached hydrogens (tertiary/aromatic N) is 2. The summed E-state index contributed by atoms with van der Waals surface area (Å²) < 4.78 is 13.2. The molecule has 0 radical (unpaired) electrons. The van der Waals surface area contributed by atoms with Crippen LogP contribution in [0.3, 0.4) is 0 Å². The highest BCUT2D eigenvalue weighted by Crippen LogP contribution is 2.18. The molecule has 3 rings (SSSR count). The van der Waals surface area contributed by atoms with Gasteiger partial charge in [-0.1, -0.05) is 42.5 Å². The molecular formula is C18H16FN3O. The second kappa shape index (κ2) is 6.44. The van der Waals surface area contributed by atoms with Crippen molar-refractivity contribution in [2.24, 2.45) is 0 Å². The van der Waals surface area contributed by atoms with Gasteiger partial charge >= 0.3 is 0 Å². The van der Waals surface area contributed by atoms with Gasteiger partial charge in [0, 0.05) is 19.2 Å². The van der Waals surface area contributed by atoms with Gasteiger partial charge in [0.05, 0.1) is 5.69 Å². The summed E-state index contributed by atoms with van der Waals surface area (Å²) >= 11 is 0. The van der Waals surface area contributed by atoms with Gasteiger partial charge in [0.2, 0.25) is 0 Å². The minimum atomic E-state index is -0.309. The molecule has 1 aromatic heterocycles. The van der Waals surface area contributed by atoms with E-state index in [1.165, 1.54) is 17.0 Å². The SMILES string of the molecule is CN(Cc1cccc(F)c1)C(=O)c1cc(-c2ccccc2)n[nH]1. The van der Waals surface area contributed by atoms with Gasteiger partial charge in [-0.15, -0.1) is 0 Å². The summed E-state index contributed by atoms with van der Waals surface area (Å²) in [6.07, 6.45) is 0. The van der Waals surface area contributed by atoms with Gasteiger partial charge in [-0.05, 0) is 23.8 Å². The molecule has 0 fully saturated rings. The molecular weight excluding hydrogens is 293 g/mol. The van der Waals surface area contributed by atoms with Crippen LogP contribution >= 0.6 is 0 Å². The van der Waals surface area contributed by atoms with E-state index in [4.69, 9.17) is 0 Å². The van der Waals surface area contributed by atoms with E-state index in [1.54, 1.807) is 25.2 Å². The molecule has 0 saturated carbocycles. The lowest BCUT2D eigenvalue weighted by atomic mass is 10.1. The predicted molar refractivity (Wildman–Crippen MR) is 86.2 cm³/mol. The minimum absolute atomic E-state index is 0.191. The third-order valence-corrected chi connectivity index (χ3v) is 3.53. The van der Waals surface area contributed by atoms with Crippen LogP contribution in [-0.4, -0.2) is 28.1 Å². The molecule has 23 heavy (non-hydrogen) atoms. The fourth-order valence-corrected chi connectivity index (χ4v) is 2.37. The van der Waals surface area contributed by atoms with E-state index in [0.29, 0.717) is 17.9 Å². The molecule has 0 unspecified atom stereocenters. The topological polar surface area (TPSA) is 49.0 Å². The zero-order valence-electron chi connectivity index (χ0n) is 12.7. The van der Waals surface area contributed by atoms with Crippen molar-refractivity contribution in [1.82, 2.24) is 15.1 Å². The fourth-order valence-electron chi connectivity index (χ4n) is 2.37. The van der Waals surface area contributed by atoms with Crippen molar-refractivity contribution >= 4 is 5.91 Å². The predicted octanol–water partition coefficient (Wildman–Crippen LogP) is 3.49. The smallest absolute Gasteiger partial charge is 0.271 e. The van der Waals surface area contributed by atoms with Crippen LogP contribution in [0.4, 0.5) is 4.39 Å². The summed E-state index contributed by atoms with van der Waals surface area (Å²) in [5, 5.41) is 6.95. The molecule has 1 N–H and O–H groups in total. The van der Waals surface area contributed by atoms with Crippen molar-refractivity contribution in [2.45, 2.75) is 6.54 Å². The first-order valence-electron chi connectivity index (χ1n) is 7.24. The number of hydrogen-bond acceptors (Lipinski definition) is 2. The number of H-pyrrole nitrogens is 1. The van der Waals surface area contributed by atoms with Crippen molar-refractivity contribution in [3.05, 3.63) is 77.7 Å². The number of rotatable bonds is 4. The minimum Gasteiger partial charge on any atom is -0.336 e. The highest BCUT2D eigenvalue weighted by Gasteiger charge is 2.15. The summed E-state index contributed by atoms with van der Waals surface area (Å²) in [6, 6.07) is 17.6. The maximum absolute atomic E-state index is 13.2. The molecule has 0 aliphatic rings. The Bertz CT molecular complexity index is 814.